The number of sulfonamides is 1. The molecule has 0 spiro atoms. The average molecular weight is 362 g/mol. The molecule has 2 atom stereocenters. The van der Waals surface area contributed by atoms with Gasteiger partial charge in [0.15, 0.2) is 0 Å². The lowest BCUT2D eigenvalue weighted by atomic mass is 9.88. The second kappa shape index (κ2) is 7.37. The molecule has 8 nitrogen and oxygen atoms in total. The van der Waals surface area contributed by atoms with Crippen LogP contribution in [-0.2, 0) is 24.3 Å². The van der Waals surface area contributed by atoms with Crippen molar-refractivity contribution in [3.63, 3.8) is 0 Å². The van der Waals surface area contributed by atoms with Gasteiger partial charge in [-0.2, -0.15) is 4.31 Å². The number of likely N-dealkylation sites (tertiary alicyclic amines) is 1. The molecule has 2 unspecified atom stereocenters. The van der Waals surface area contributed by atoms with E-state index in [4.69, 9.17) is 4.74 Å². The molecule has 0 bridgehead atoms. The van der Waals surface area contributed by atoms with Crippen molar-refractivity contribution in [3.05, 3.63) is 0 Å². The van der Waals surface area contributed by atoms with Gasteiger partial charge in [-0.1, -0.05) is 6.92 Å². The molecule has 0 aromatic rings. The molecule has 138 valence electrons. The predicted octanol–water partition coefficient (Wildman–Crippen LogP) is 0.140. The summed E-state index contributed by atoms with van der Waals surface area (Å²) in [7, 11) is -2.01. The van der Waals surface area contributed by atoms with E-state index in [9.17, 15) is 23.1 Å². The number of carbonyl (C=O) groups is 2. The number of carbonyl (C=O) groups excluding carboxylic acids is 1. The first-order chi connectivity index (χ1) is 11.3. The largest absolute Gasteiger partial charge is 0.481 e. The van der Waals surface area contributed by atoms with Crippen LogP contribution in [0.4, 0.5) is 0 Å². The number of ether oxygens (including phenoxy) is 1. The summed E-state index contributed by atoms with van der Waals surface area (Å²) in [6.45, 7) is 2.56. The summed E-state index contributed by atoms with van der Waals surface area (Å²) < 4.78 is 31.0. The maximum absolute atomic E-state index is 12.8. The van der Waals surface area contributed by atoms with E-state index in [0.717, 1.165) is 0 Å². The van der Waals surface area contributed by atoms with Gasteiger partial charge in [0.2, 0.25) is 15.9 Å². The highest BCUT2D eigenvalue weighted by atomic mass is 32.2. The molecule has 2 heterocycles. The Bertz CT molecular complexity index is 593. The average Bonchev–Trinajstić information content (AvgIpc) is 3.15. The van der Waals surface area contributed by atoms with Gasteiger partial charge >= 0.3 is 5.97 Å². The highest BCUT2D eigenvalue weighted by molar-refractivity contribution is 7.89. The zero-order valence-corrected chi connectivity index (χ0v) is 15.0. The first-order valence-electron chi connectivity index (χ1n) is 8.28. The summed E-state index contributed by atoms with van der Waals surface area (Å²) in [6, 6.07) is -0.700. The van der Waals surface area contributed by atoms with Crippen molar-refractivity contribution in [1.29, 1.82) is 0 Å². The normalized spacial score (nSPS) is 28.4. The van der Waals surface area contributed by atoms with Crippen LogP contribution >= 0.6 is 0 Å². The second-order valence-electron chi connectivity index (χ2n) is 6.61. The molecule has 24 heavy (non-hydrogen) atoms. The predicted molar refractivity (Wildman–Crippen MR) is 86.9 cm³/mol. The van der Waals surface area contributed by atoms with Crippen molar-refractivity contribution in [3.8, 4) is 0 Å². The Labute approximate surface area is 142 Å². The second-order valence-corrected chi connectivity index (χ2v) is 8.65. The van der Waals surface area contributed by atoms with E-state index < -0.39 is 27.4 Å². The number of rotatable bonds is 7. The van der Waals surface area contributed by atoms with E-state index >= 15 is 0 Å². The Morgan fingerprint density at radius 2 is 2.04 bits per heavy atom. The van der Waals surface area contributed by atoms with Crippen LogP contribution in [0.5, 0.6) is 0 Å². The number of carboxylic acids is 1. The van der Waals surface area contributed by atoms with Gasteiger partial charge in [0.1, 0.15) is 11.5 Å². The van der Waals surface area contributed by atoms with Gasteiger partial charge in [-0.05, 0) is 25.7 Å². The zero-order chi connectivity index (χ0) is 18.0. The summed E-state index contributed by atoms with van der Waals surface area (Å²) in [5.74, 6) is -1.24. The van der Waals surface area contributed by atoms with Crippen LogP contribution in [-0.4, -0.2) is 79.8 Å². The van der Waals surface area contributed by atoms with Gasteiger partial charge in [0, 0.05) is 26.7 Å². The van der Waals surface area contributed by atoms with Crippen molar-refractivity contribution in [2.24, 2.45) is 5.41 Å². The minimum absolute atomic E-state index is 0.0273. The van der Waals surface area contributed by atoms with Gasteiger partial charge in [0.05, 0.1) is 12.4 Å². The van der Waals surface area contributed by atoms with Crippen LogP contribution in [0, 0.1) is 5.41 Å². The maximum atomic E-state index is 12.8. The molecule has 0 aromatic carbocycles. The van der Waals surface area contributed by atoms with Gasteiger partial charge in [-0.25, -0.2) is 8.42 Å². The fraction of sp³-hybridized carbons (Fsp3) is 0.867. The molecular weight excluding hydrogens is 336 g/mol. The summed E-state index contributed by atoms with van der Waals surface area (Å²) >= 11 is 0. The van der Waals surface area contributed by atoms with Gasteiger partial charge in [-0.15, -0.1) is 0 Å². The van der Waals surface area contributed by atoms with Crippen LogP contribution in [0.1, 0.15) is 32.6 Å². The molecule has 0 aliphatic carbocycles. The van der Waals surface area contributed by atoms with Gasteiger partial charge in [-0.3, -0.25) is 9.59 Å². The van der Waals surface area contributed by atoms with Crippen LogP contribution in [0.3, 0.4) is 0 Å². The summed E-state index contributed by atoms with van der Waals surface area (Å²) in [6.07, 6.45) is 1.95. The third kappa shape index (κ3) is 3.57. The SMILES string of the molecule is CCCS(=O)(=O)N1CCCC1C(=O)N1CCC(COC)(C(=O)O)C1. The Hall–Kier alpha value is -1.19. The summed E-state index contributed by atoms with van der Waals surface area (Å²) in [5, 5.41) is 9.49. The molecule has 0 aromatic heterocycles. The molecule has 1 amide bonds. The highest BCUT2D eigenvalue weighted by Crippen LogP contribution is 2.33. The van der Waals surface area contributed by atoms with Gasteiger partial charge < -0.3 is 14.7 Å². The number of amides is 1. The Kier molecular flexibility index (Phi) is 5.87. The minimum Gasteiger partial charge on any atom is -0.481 e. The van der Waals surface area contributed by atoms with Crippen LogP contribution in [0.15, 0.2) is 0 Å². The van der Waals surface area contributed by atoms with Crippen molar-refractivity contribution in [2.45, 2.75) is 38.6 Å². The Morgan fingerprint density at radius 3 is 2.62 bits per heavy atom. The lowest BCUT2D eigenvalue weighted by molar-refractivity contribution is -0.151. The smallest absolute Gasteiger partial charge is 0.313 e. The molecule has 0 saturated carbocycles. The zero-order valence-electron chi connectivity index (χ0n) is 14.2. The molecule has 2 saturated heterocycles. The molecular formula is C15H26N2O6S. The molecule has 2 fully saturated rings. The fourth-order valence-electron chi connectivity index (χ4n) is 3.60. The van der Waals surface area contributed by atoms with Gasteiger partial charge in [0.25, 0.3) is 0 Å². The first kappa shape index (κ1) is 19.1. The topological polar surface area (TPSA) is 104 Å². The standard InChI is InChI=1S/C15H26N2O6S/c1-3-9-24(21,22)17-7-4-5-12(17)13(18)16-8-6-15(10-16,11-23-2)14(19)20/h12H,3-11H2,1-2H3,(H,19,20). The van der Waals surface area contributed by atoms with E-state index in [0.29, 0.717) is 38.8 Å². The number of aliphatic carboxylic acids is 1. The third-order valence-corrected chi connectivity index (χ3v) is 6.92. The van der Waals surface area contributed by atoms with Crippen LogP contribution < -0.4 is 0 Å². The number of carboxylic acid groups (broad SMARTS) is 1. The fourth-order valence-corrected chi connectivity index (χ4v) is 5.34. The Morgan fingerprint density at radius 1 is 1.33 bits per heavy atom. The van der Waals surface area contributed by atoms with Crippen molar-refractivity contribution in [1.82, 2.24) is 9.21 Å². The minimum atomic E-state index is -3.44. The lowest BCUT2D eigenvalue weighted by Gasteiger charge is -2.28. The third-order valence-electron chi connectivity index (χ3n) is 4.85. The van der Waals surface area contributed by atoms with Crippen LogP contribution in [0.2, 0.25) is 0 Å². The van der Waals surface area contributed by atoms with Crippen molar-refractivity contribution in [2.75, 3.05) is 39.1 Å². The van der Waals surface area contributed by atoms with E-state index in [1.807, 2.05) is 0 Å². The molecule has 2 aliphatic heterocycles. The van der Waals surface area contributed by atoms with E-state index in [1.54, 1.807) is 6.92 Å². The number of methoxy groups -OCH3 is 1. The molecule has 0 radical (unpaired) electrons. The van der Waals surface area contributed by atoms with E-state index in [1.165, 1.54) is 16.3 Å². The van der Waals surface area contributed by atoms with Crippen molar-refractivity contribution < 1.29 is 27.9 Å². The first-order valence-corrected chi connectivity index (χ1v) is 9.89. The molecule has 9 heteroatoms. The quantitative estimate of drug-likeness (QED) is 0.691. The molecule has 2 rings (SSSR count). The lowest BCUT2D eigenvalue weighted by Crippen LogP contribution is -2.49. The maximum Gasteiger partial charge on any atom is 0.313 e. The molecule has 1 N–H and O–H groups in total. The van der Waals surface area contributed by atoms with E-state index in [2.05, 4.69) is 0 Å². The number of hydrogen-bond donors (Lipinski definition) is 1. The number of hydrogen-bond acceptors (Lipinski definition) is 5. The Balaban J connectivity index is 2.13. The summed E-state index contributed by atoms with van der Waals surface area (Å²) in [4.78, 5) is 25.9. The number of nitrogens with zero attached hydrogens (tertiary/aromatic N) is 2. The molecule has 2 aliphatic rings. The van der Waals surface area contributed by atoms with Crippen LogP contribution in [0.25, 0.3) is 0 Å². The van der Waals surface area contributed by atoms with E-state index in [-0.39, 0.29) is 24.8 Å². The van der Waals surface area contributed by atoms with Crippen molar-refractivity contribution >= 4 is 21.9 Å². The monoisotopic (exact) mass is 362 g/mol. The highest BCUT2D eigenvalue weighted by Gasteiger charge is 2.49. The summed E-state index contributed by atoms with van der Waals surface area (Å²) in [5.41, 5.74) is -1.10.